The number of hydrogen-bond acceptors (Lipinski definition) is 5. The molecule has 0 aliphatic carbocycles. The summed E-state index contributed by atoms with van der Waals surface area (Å²) in [6, 6.07) is 13.8. The van der Waals surface area contributed by atoms with Gasteiger partial charge in [-0.25, -0.2) is 13.8 Å². The first-order valence-corrected chi connectivity index (χ1v) is 11.2. The molecule has 2 aromatic rings. The second kappa shape index (κ2) is 8.69. The summed E-state index contributed by atoms with van der Waals surface area (Å²) in [5.41, 5.74) is 3.56. The maximum atomic E-state index is 12.6. The Labute approximate surface area is 163 Å². The fraction of sp³-hybridized carbons (Fsp3) is 0.263. The molecule has 1 amide bonds. The van der Waals surface area contributed by atoms with Crippen LogP contribution in [-0.2, 0) is 10.0 Å². The Bertz CT molecular complexity index is 935. The molecule has 1 N–H and O–H groups in total. The molecule has 0 unspecified atom stereocenters. The summed E-state index contributed by atoms with van der Waals surface area (Å²) in [4.78, 5) is 13.6. The van der Waals surface area contributed by atoms with Crippen LogP contribution in [0.25, 0.3) is 0 Å². The number of hydrazone groups is 1. The number of nitrogens with zero attached hydrogens (tertiary/aromatic N) is 2. The highest BCUT2D eigenvalue weighted by molar-refractivity contribution is 7.98. The van der Waals surface area contributed by atoms with Crippen LogP contribution in [0.4, 0.5) is 0 Å². The summed E-state index contributed by atoms with van der Waals surface area (Å²) in [7, 11) is -3.55. The van der Waals surface area contributed by atoms with Crippen LogP contribution in [0.15, 0.2) is 63.4 Å². The number of sulfonamides is 1. The molecular formula is C19H21N3O3S2. The Kier molecular flexibility index (Phi) is 6.30. The van der Waals surface area contributed by atoms with Gasteiger partial charge in [0.05, 0.1) is 11.1 Å². The van der Waals surface area contributed by atoms with E-state index in [1.54, 1.807) is 30.1 Å². The average Bonchev–Trinajstić information content (AvgIpc) is 3.24. The predicted molar refractivity (Wildman–Crippen MR) is 108 cm³/mol. The summed E-state index contributed by atoms with van der Waals surface area (Å²) in [6.07, 6.45) is 5.28. The molecule has 1 aliphatic rings. The van der Waals surface area contributed by atoms with Crippen molar-refractivity contribution in [3.8, 4) is 0 Å². The van der Waals surface area contributed by atoms with Gasteiger partial charge in [-0.15, -0.1) is 11.8 Å². The Morgan fingerprint density at radius 2 is 1.85 bits per heavy atom. The third-order valence-corrected chi connectivity index (χ3v) is 6.93. The van der Waals surface area contributed by atoms with E-state index in [0.717, 1.165) is 23.3 Å². The maximum Gasteiger partial charge on any atom is 0.271 e. The molecule has 1 heterocycles. The number of thioether (sulfide) groups is 1. The van der Waals surface area contributed by atoms with E-state index >= 15 is 0 Å². The SMILES string of the molecule is CSc1ccc(C=NNC(=O)c2cccc(S(=O)(=O)N3CCCC3)c2)cc1. The van der Waals surface area contributed by atoms with E-state index < -0.39 is 15.9 Å². The summed E-state index contributed by atoms with van der Waals surface area (Å²) in [5.74, 6) is -0.453. The van der Waals surface area contributed by atoms with Gasteiger partial charge in [0.2, 0.25) is 10.0 Å². The van der Waals surface area contributed by atoms with Gasteiger partial charge in [0.25, 0.3) is 5.91 Å². The molecular weight excluding hydrogens is 382 g/mol. The molecule has 1 aliphatic heterocycles. The fourth-order valence-electron chi connectivity index (χ4n) is 2.80. The van der Waals surface area contributed by atoms with Crippen LogP contribution in [0.2, 0.25) is 0 Å². The number of benzene rings is 2. The van der Waals surface area contributed by atoms with E-state index in [1.807, 2.05) is 30.5 Å². The van der Waals surface area contributed by atoms with Crippen molar-refractivity contribution >= 4 is 33.9 Å². The van der Waals surface area contributed by atoms with E-state index in [-0.39, 0.29) is 10.5 Å². The Balaban J connectivity index is 1.68. The maximum absolute atomic E-state index is 12.6. The number of rotatable bonds is 6. The second-order valence-corrected chi connectivity index (χ2v) is 8.93. The largest absolute Gasteiger partial charge is 0.271 e. The number of amides is 1. The summed E-state index contributed by atoms with van der Waals surface area (Å²) < 4.78 is 26.7. The molecule has 2 aromatic carbocycles. The van der Waals surface area contributed by atoms with Gasteiger partial charge in [-0.1, -0.05) is 18.2 Å². The normalized spacial score (nSPS) is 15.3. The van der Waals surface area contributed by atoms with Crippen molar-refractivity contribution in [3.63, 3.8) is 0 Å². The van der Waals surface area contributed by atoms with E-state index in [1.165, 1.54) is 16.4 Å². The first-order chi connectivity index (χ1) is 13.0. The molecule has 0 saturated carbocycles. The number of hydrogen-bond donors (Lipinski definition) is 1. The molecule has 142 valence electrons. The van der Waals surface area contributed by atoms with Crippen LogP contribution >= 0.6 is 11.8 Å². The van der Waals surface area contributed by atoms with Crippen molar-refractivity contribution in [1.29, 1.82) is 0 Å². The first kappa shape index (κ1) is 19.6. The Morgan fingerprint density at radius 1 is 1.15 bits per heavy atom. The van der Waals surface area contributed by atoms with Gasteiger partial charge in [-0.2, -0.15) is 9.41 Å². The van der Waals surface area contributed by atoms with Gasteiger partial charge >= 0.3 is 0 Å². The molecule has 6 nitrogen and oxygen atoms in total. The lowest BCUT2D eigenvalue weighted by molar-refractivity contribution is 0.0955. The zero-order valence-electron chi connectivity index (χ0n) is 15.0. The van der Waals surface area contributed by atoms with Gasteiger partial charge in [0, 0.05) is 23.5 Å². The predicted octanol–water partition coefficient (Wildman–Crippen LogP) is 2.96. The van der Waals surface area contributed by atoms with Gasteiger partial charge in [-0.05, 0) is 55.0 Å². The molecule has 0 bridgehead atoms. The minimum atomic E-state index is -3.55. The lowest BCUT2D eigenvalue weighted by Gasteiger charge is -2.15. The van der Waals surface area contributed by atoms with Crippen LogP contribution in [0.3, 0.4) is 0 Å². The van der Waals surface area contributed by atoms with Gasteiger partial charge in [0.1, 0.15) is 0 Å². The molecule has 3 rings (SSSR count). The van der Waals surface area contributed by atoms with Crippen molar-refractivity contribution in [2.45, 2.75) is 22.6 Å². The number of nitrogens with one attached hydrogen (secondary N) is 1. The minimum absolute atomic E-state index is 0.133. The topological polar surface area (TPSA) is 78.8 Å². The van der Waals surface area contributed by atoms with Crippen molar-refractivity contribution in [3.05, 3.63) is 59.7 Å². The third kappa shape index (κ3) is 4.77. The summed E-state index contributed by atoms with van der Waals surface area (Å²) >= 11 is 1.65. The average molecular weight is 404 g/mol. The van der Waals surface area contributed by atoms with Crippen molar-refractivity contribution in [2.24, 2.45) is 5.10 Å². The quantitative estimate of drug-likeness (QED) is 0.457. The molecule has 0 atom stereocenters. The van der Waals surface area contributed by atoms with E-state index in [9.17, 15) is 13.2 Å². The molecule has 0 radical (unpaired) electrons. The van der Waals surface area contributed by atoms with Crippen molar-refractivity contribution < 1.29 is 13.2 Å². The number of carbonyl (C=O) groups is 1. The molecule has 1 fully saturated rings. The molecule has 0 spiro atoms. The molecule has 0 aromatic heterocycles. The van der Waals surface area contributed by atoms with Crippen molar-refractivity contribution in [1.82, 2.24) is 9.73 Å². The van der Waals surface area contributed by atoms with Gasteiger partial charge < -0.3 is 0 Å². The second-order valence-electron chi connectivity index (χ2n) is 6.11. The minimum Gasteiger partial charge on any atom is -0.267 e. The first-order valence-electron chi connectivity index (χ1n) is 8.58. The third-order valence-electron chi connectivity index (χ3n) is 4.29. The number of carbonyl (C=O) groups excluding carboxylic acids is 1. The van der Waals surface area contributed by atoms with E-state index in [2.05, 4.69) is 10.5 Å². The molecule has 8 heteroatoms. The van der Waals surface area contributed by atoms with E-state index in [0.29, 0.717) is 13.1 Å². The highest BCUT2D eigenvalue weighted by atomic mass is 32.2. The van der Waals surface area contributed by atoms with Crippen LogP contribution in [-0.4, -0.2) is 44.2 Å². The lowest BCUT2D eigenvalue weighted by Crippen LogP contribution is -2.28. The summed E-state index contributed by atoms with van der Waals surface area (Å²) in [5, 5.41) is 3.95. The van der Waals surface area contributed by atoms with Crippen molar-refractivity contribution in [2.75, 3.05) is 19.3 Å². The smallest absolute Gasteiger partial charge is 0.267 e. The van der Waals surface area contributed by atoms with Crippen LogP contribution in [0.1, 0.15) is 28.8 Å². The Hall–Kier alpha value is -2.16. The highest BCUT2D eigenvalue weighted by Gasteiger charge is 2.27. The monoisotopic (exact) mass is 403 g/mol. The van der Waals surface area contributed by atoms with Crippen LogP contribution in [0.5, 0.6) is 0 Å². The van der Waals surface area contributed by atoms with E-state index in [4.69, 9.17) is 0 Å². The van der Waals surface area contributed by atoms with Gasteiger partial charge in [0.15, 0.2) is 0 Å². The molecule has 27 heavy (non-hydrogen) atoms. The lowest BCUT2D eigenvalue weighted by atomic mass is 10.2. The van der Waals surface area contributed by atoms with Crippen LogP contribution in [0, 0.1) is 0 Å². The van der Waals surface area contributed by atoms with Gasteiger partial charge in [-0.3, -0.25) is 4.79 Å². The Morgan fingerprint density at radius 3 is 2.52 bits per heavy atom. The van der Waals surface area contributed by atoms with Crippen LogP contribution < -0.4 is 5.43 Å². The highest BCUT2D eigenvalue weighted by Crippen LogP contribution is 2.21. The zero-order chi connectivity index (χ0) is 19.3. The summed E-state index contributed by atoms with van der Waals surface area (Å²) in [6.45, 7) is 1.05. The standard InChI is InChI=1S/C19H21N3O3S2/c1-26-17-9-7-15(8-10-17)14-20-21-19(23)16-5-4-6-18(13-16)27(24,25)22-11-2-3-12-22/h4-10,13-14H,2-3,11-12H2,1H3,(H,21,23). The molecule has 1 saturated heterocycles. The fourth-order valence-corrected chi connectivity index (χ4v) is 4.77. The zero-order valence-corrected chi connectivity index (χ0v) is 16.6.